The van der Waals surface area contributed by atoms with Gasteiger partial charge in [-0.15, -0.1) is 0 Å². The summed E-state index contributed by atoms with van der Waals surface area (Å²) in [5.74, 6) is 0.903. The third-order valence-electron chi connectivity index (χ3n) is 3.42. The largest absolute Gasteiger partial charge is 1.00 e. The molecule has 0 saturated carbocycles. The number of hydrogen-bond donors (Lipinski definition) is 0. The maximum atomic E-state index is 10.3. The first kappa shape index (κ1) is 25.4. The summed E-state index contributed by atoms with van der Waals surface area (Å²) in [6.07, 6.45) is 11.5. The zero-order valence-corrected chi connectivity index (χ0v) is 18.1. The molecule has 0 atom stereocenters. The second-order valence-corrected chi connectivity index (χ2v) is 7.45. The first-order valence-electron chi connectivity index (χ1n) is 8.38. The van der Waals surface area contributed by atoms with Gasteiger partial charge in [0.25, 0.3) is 0 Å². The maximum absolute atomic E-state index is 10.3. The Balaban J connectivity index is 0. The number of benzene rings is 1. The van der Waals surface area contributed by atoms with Crippen molar-refractivity contribution >= 4 is 10.1 Å². The van der Waals surface area contributed by atoms with Gasteiger partial charge in [0, 0.05) is 0 Å². The summed E-state index contributed by atoms with van der Waals surface area (Å²) in [4.78, 5) is -0.185. The van der Waals surface area contributed by atoms with E-state index < -0.39 is 10.1 Å². The van der Waals surface area contributed by atoms with E-state index in [1.54, 1.807) is 6.07 Å². The van der Waals surface area contributed by atoms with Gasteiger partial charge in [0.1, 0.15) is 10.1 Å². The van der Waals surface area contributed by atoms with Crippen LogP contribution in [0.2, 0.25) is 0 Å². The van der Waals surface area contributed by atoms with Crippen molar-refractivity contribution in [2.45, 2.75) is 77.0 Å². The Labute approximate surface area is 165 Å². The first-order valence-corrected chi connectivity index (χ1v) is 9.79. The summed E-state index contributed by atoms with van der Waals surface area (Å²) in [5, 5.41) is 0. The molecule has 1 rings (SSSR count). The van der Waals surface area contributed by atoms with Gasteiger partial charge in [-0.25, -0.2) is 8.42 Å². The molecule has 23 heavy (non-hydrogen) atoms. The number of rotatable bonds is 9. The van der Waals surface area contributed by atoms with Crippen LogP contribution in [0.15, 0.2) is 35.2 Å². The van der Waals surface area contributed by atoms with Gasteiger partial charge in [0.05, 0.1) is 4.90 Å². The van der Waals surface area contributed by atoms with Crippen molar-refractivity contribution in [3.05, 3.63) is 30.3 Å². The van der Waals surface area contributed by atoms with Crippen molar-refractivity contribution in [3.8, 4) is 0 Å². The van der Waals surface area contributed by atoms with Crippen molar-refractivity contribution in [2.75, 3.05) is 0 Å². The van der Waals surface area contributed by atoms with Crippen LogP contribution in [0.5, 0.6) is 0 Å². The van der Waals surface area contributed by atoms with Gasteiger partial charge in [0.15, 0.2) is 0 Å². The van der Waals surface area contributed by atoms with Crippen LogP contribution >= 0.6 is 0 Å². The molecule has 3 nitrogen and oxygen atoms in total. The Morgan fingerprint density at radius 2 is 1.39 bits per heavy atom. The molecule has 0 N–H and O–H groups in total. The standard InChI is InChI=1S/C12H26.C6H6O3S.Na/c1-4-5-6-7-8-9-10-11-12(2)3;7-10(8,9)6-4-2-1-3-5-6;/h12H,4-11H2,1-3H3;1-5H,(H,7,8,9);/q;;+1/p-1. The van der Waals surface area contributed by atoms with Crippen LogP contribution in [0, 0.1) is 5.92 Å². The van der Waals surface area contributed by atoms with Crippen molar-refractivity contribution in [1.29, 1.82) is 0 Å². The van der Waals surface area contributed by atoms with E-state index in [2.05, 4.69) is 20.8 Å². The van der Waals surface area contributed by atoms with Gasteiger partial charge in [-0.1, -0.05) is 90.3 Å². The maximum Gasteiger partial charge on any atom is 1.00 e. The van der Waals surface area contributed by atoms with E-state index in [1.807, 2.05) is 0 Å². The second-order valence-electron chi connectivity index (χ2n) is 6.07. The fourth-order valence-corrected chi connectivity index (χ4v) is 2.59. The van der Waals surface area contributed by atoms with Crippen LogP contribution < -0.4 is 29.6 Å². The van der Waals surface area contributed by atoms with Crippen LogP contribution in [0.4, 0.5) is 0 Å². The minimum absolute atomic E-state index is 0. The molecule has 0 fully saturated rings. The third-order valence-corrected chi connectivity index (χ3v) is 4.27. The van der Waals surface area contributed by atoms with Gasteiger partial charge in [-0.3, -0.25) is 0 Å². The fourth-order valence-electron chi connectivity index (χ4n) is 2.10. The van der Waals surface area contributed by atoms with Crippen molar-refractivity contribution in [2.24, 2.45) is 5.92 Å². The molecule has 0 radical (unpaired) electrons. The molecule has 0 aliphatic rings. The molecule has 0 aliphatic heterocycles. The molecule has 0 aliphatic carbocycles. The normalized spacial score (nSPS) is 10.7. The molecule has 128 valence electrons. The molecule has 0 heterocycles. The Morgan fingerprint density at radius 1 is 0.913 bits per heavy atom. The third kappa shape index (κ3) is 16.8. The van der Waals surface area contributed by atoms with Gasteiger partial charge < -0.3 is 4.55 Å². The molecule has 0 spiro atoms. The van der Waals surface area contributed by atoms with E-state index in [-0.39, 0.29) is 34.5 Å². The van der Waals surface area contributed by atoms with E-state index in [0.717, 1.165) is 5.92 Å². The SMILES string of the molecule is CCCCCCCCCC(C)C.O=S(=O)([O-])c1ccccc1.[Na+]. The molecule has 1 aromatic carbocycles. The van der Waals surface area contributed by atoms with Crippen LogP contribution in [-0.2, 0) is 10.1 Å². The van der Waals surface area contributed by atoms with Crippen LogP contribution in [0.3, 0.4) is 0 Å². The minimum atomic E-state index is -4.25. The Kier molecular flexibility index (Phi) is 17.3. The summed E-state index contributed by atoms with van der Waals surface area (Å²) in [5.41, 5.74) is 0. The molecule has 0 unspecified atom stereocenters. The van der Waals surface area contributed by atoms with Crippen LogP contribution in [0.25, 0.3) is 0 Å². The molecule has 1 aromatic rings. The molecule has 5 heteroatoms. The minimum Gasteiger partial charge on any atom is -0.744 e. The Morgan fingerprint density at radius 3 is 1.78 bits per heavy atom. The fraction of sp³-hybridized carbons (Fsp3) is 0.667. The Hall–Kier alpha value is 0.130. The van der Waals surface area contributed by atoms with Crippen molar-refractivity contribution < 1.29 is 42.5 Å². The topological polar surface area (TPSA) is 57.2 Å². The van der Waals surface area contributed by atoms with Crippen molar-refractivity contribution in [1.82, 2.24) is 0 Å². The van der Waals surface area contributed by atoms with Gasteiger partial charge in [0.2, 0.25) is 0 Å². The molecule has 0 aromatic heterocycles. The van der Waals surface area contributed by atoms with Crippen molar-refractivity contribution in [3.63, 3.8) is 0 Å². The monoisotopic (exact) mass is 350 g/mol. The van der Waals surface area contributed by atoms with E-state index in [1.165, 1.54) is 75.6 Å². The summed E-state index contributed by atoms with van der Waals surface area (Å²) in [6.45, 7) is 6.91. The number of hydrogen-bond acceptors (Lipinski definition) is 3. The second kappa shape index (κ2) is 15.6. The zero-order chi connectivity index (χ0) is 16.8. The van der Waals surface area contributed by atoms with Gasteiger partial charge >= 0.3 is 29.6 Å². The van der Waals surface area contributed by atoms with E-state index in [0.29, 0.717) is 0 Å². The predicted molar refractivity (Wildman–Crippen MR) is 91.9 cm³/mol. The molecule has 0 amide bonds. The zero-order valence-electron chi connectivity index (χ0n) is 15.3. The molecule has 0 bridgehead atoms. The predicted octanol–water partition coefficient (Wildman–Crippen LogP) is 2.38. The first-order chi connectivity index (χ1) is 10.4. The summed E-state index contributed by atoms with van der Waals surface area (Å²) in [7, 11) is -4.25. The van der Waals surface area contributed by atoms with Crippen LogP contribution in [0.1, 0.15) is 72.1 Å². The summed E-state index contributed by atoms with van der Waals surface area (Å²) in [6, 6.07) is 7.19. The van der Waals surface area contributed by atoms with E-state index in [4.69, 9.17) is 0 Å². The molecule has 0 saturated heterocycles. The van der Waals surface area contributed by atoms with E-state index in [9.17, 15) is 13.0 Å². The molecular formula is C18H31NaO3S. The van der Waals surface area contributed by atoms with Crippen LogP contribution in [-0.4, -0.2) is 13.0 Å². The van der Waals surface area contributed by atoms with Gasteiger partial charge in [-0.05, 0) is 18.1 Å². The summed E-state index contributed by atoms with van der Waals surface area (Å²) >= 11 is 0. The summed E-state index contributed by atoms with van der Waals surface area (Å²) < 4.78 is 30.8. The average Bonchev–Trinajstić information content (AvgIpc) is 2.47. The smallest absolute Gasteiger partial charge is 0.744 e. The Bertz CT molecular complexity index is 458. The number of unbranched alkanes of at least 4 members (excludes halogenated alkanes) is 6. The average molecular weight is 351 g/mol. The van der Waals surface area contributed by atoms with Gasteiger partial charge in [-0.2, -0.15) is 0 Å². The molecular weight excluding hydrogens is 319 g/mol. The van der Waals surface area contributed by atoms with E-state index >= 15 is 0 Å². The quantitative estimate of drug-likeness (QED) is 0.390.